The Hall–Kier alpha value is -5.70. The van der Waals surface area contributed by atoms with Gasteiger partial charge in [-0.2, -0.15) is 10.5 Å². The minimum absolute atomic E-state index is 0.455. The number of hydrogen-bond acceptors (Lipinski definition) is 2. The van der Waals surface area contributed by atoms with Crippen molar-refractivity contribution in [2.24, 2.45) is 0 Å². The van der Waals surface area contributed by atoms with Crippen LogP contribution in [0.25, 0.3) is 44.5 Å². The van der Waals surface area contributed by atoms with E-state index in [0.717, 1.165) is 22.3 Å². The normalized spacial score (nSPS) is 13.0. The summed E-state index contributed by atoms with van der Waals surface area (Å²) >= 11 is 0. The van der Waals surface area contributed by atoms with E-state index in [1.807, 2.05) is 48.5 Å². The third-order valence-corrected chi connectivity index (χ3v) is 8.78. The minimum atomic E-state index is -0.455. The summed E-state index contributed by atoms with van der Waals surface area (Å²) in [7, 11) is 0. The summed E-state index contributed by atoms with van der Waals surface area (Å²) in [5.41, 5.74) is 15.5. The van der Waals surface area contributed by atoms with Gasteiger partial charge in [0, 0.05) is 0 Å². The molecule has 0 fully saturated rings. The third-order valence-electron chi connectivity index (χ3n) is 8.78. The zero-order valence-electron chi connectivity index (χ0n) is 22.1. The average molecular weight is 519 g/mol. The van der Waals surface area contributed by atoms with Gasteiger partial charge in [-0.05, 0) is 103 Å². The average Bonchev–Trinajstić information content (AvgIpc) is 3.51. The van der Waals surface area contributed by atoms with Gasteiger partial charge in [-0.1, -0.05) is 97.1 Å². The molecule has 0 atom stereocenters. The van der Waals surface area contributed by atoms with Crippen LogP contribution in [0.1, 0.15) is 33.4 Å². The summed E-state index contributed by atoms with van der Waals surface area (Å²) in [4.78, 5) is 0. The summed E-state index contributed by atoms with van der Waals surface area (Å²) in [6.45, 7) is 0. The minimum Gasteiger partial charge on any atom is -0.192 e. The van der Waals surface area contributed by atoms with Crippen LogP contribution in [0.2, 0.25) is 0 Å². The molecule has 0 radical (unpaired) electrons. The zero-order chi connectivity index (χ0) is 27.6. The van der Waals surface area contributed by atoms with Gasteiger partial charge in [-0.25, -0.2) is 0 Å². The van der Waals surface area contributed by atoms with E-state index in [1.165, 1.54) is 44.5 Å². The van der Waals surface area contributed by atoms with E-state index in [1.54, 1.807) is 0 Å². The molecule has 8 rings (SSSR count). The molecule has 0 N–H and O–H groups in total. The van der Waals surface area contributed by atoms with E-state index >= 15 is 0 Å². The number of benzene rings is 6. The van der Waals surface area contributed by atoms with Crippen LogP contribution in [0, 0.1) is 22.7 Å². The van der Waals surface area contributed by atoms with Crippen LogP contribution in [-0.2, 0) is 5.41 Å². The van der Waals surface area contributed by atoms with E-state index in [2.05, 4.69) is 97.1 Å². The Bertz CT molecular complexity index is 1950. The Morgan fingerprint density at radius 3 is 1.15 bits per heavy atom. The lowest BCUT2D eigenvalue weighted by Crippen LogP contribution is -2.26. The molecular formula is C39H22N2. The first-order valence-electron chi connectivity index (χ1n) is 13.7. The maximum Gasteiger partial charge on any atom is 0.0991 e. The first kappa shape index (κ1) is 23.2. The van der Waals surface area contributed by atoms with Crippen LogP contribution in [-0.4, -0.2) is 0 Å². The SMILES string of the molecule is N#Cc1ccc(-c2ccc3c(c2)C2(c4ccccc4-c4ccccc42)c2cc(-c4ccc(C#N)cc4)ccc2-3)cc1. The molecular weight excluding hydrogens is 496 g/mol. The number of rotatable bonds is 2. The Kier molecular flexibility index (Phi) is 4.90. The van der Waals surface area contributed by atoms with Gasteiger partial charge in [0.25, 0.3) is 0 Å². The molecule has 0 unspecified atom stereocenters. The topological polar surface area (TPSA) is 47.6 Å². The molecule has 0 bridgehead atoms. The Morgan fingerprint density at radius 1 is 0.366 bits per heavy atom. The van der Waals surface area contributed by atoms with E-state index in [9.17, 15) is 10.5 Å². The lowest BCUT2D eigenvalue weighted by molar-refractivity contribution is 0.794. The molecule has 0 saturated heterocycles. The first-order valence-corrected chi connectivity index (χ1v) is 13.7. The summed E-state index contributed by atoms with van der Waals surface area (Å²) in [6.07, 6.45) is 0. The van der Waals surface area contributed by atoms with Gasteiger partial charge in [-0.3, -0.25) is 0 Å². The highest BCUT2D eigenvalue weighted by Crippen LogP contribution is 2.63. The highest BCUT2D eigenvalue weighted by Gasteiger charge is 2.51. The number of fused-ring (bicyclic) bond motifs is 10. The summed E-state index contributed by atoms with van der Waals surface area (Å²) in [6, 6.07) is 51.4. The van der Waals surface area contributed by atoms with E-state index < -0.39 is 5.41 Å². The second kappa shape index (κ2) is 8.65. The van der Waals surface area contributed by atoms with Crippen molar-refractivity contribution in [2.45, 2.75) is 5.41 Å². The molecule has 188 valence electrons. The predicted octanol–water partition coefficient (Wildman–Crippen LogP) is 9.11. The van der Waals surface area contributed by atoms with Crippen LogP contribution in [0.15, 0.2) is 133 Å². The fraction of sp³-hybridized carbons (Fsp3) is 0.0256. The molecule has 0 saturated carbocycles. The van der Waals surface area contributed by atoms with Crippen molar-refractivity contribution in [2.75, 3.05) is 0 Å². The van der Waals surface area contributed by atoms with Crippen molar-refractivity contribution in [3.8, 4) is 56.6 Å². The lowest BCUT2D eigenvalue weighted by atomic mass is 9.70. The summed E-state index contributed by atoms with van der Waals surface area (Å²) < 4.78 is 0. The second-order valence-electron chi connectivity index (χ2n) is 10.7. The predicted molar refractivity (Wildman–Crippen MR) is 163 cm³/mol. The number of nitriles is 2. The molecule has 2 aliphatic rings. The highest BCUT2D eigenvalue weighted by molar-refractivity contribution is 5.96. The van der Waals surface area contributed by atoms with Gasteiger partial charge in [0.15, 0.2) is 0 Å². The molecule has 2 nitrogen and oxygen atoms in total. The van der Waals surface area contributed by atoms with Crippen LogP contribution in [0.5, 0.6) is 0 Å². The summed E-state index contributed by atoms with van der Waals surface area (Å²) in [5, 5.41) is 18.6. The van der Waals surface area contributed by atoms with E-state index in [4.69, 9.17) is 0 Å². The fourth-order valence-corrected chi connectivity index (χ4v) is 6.97. The maximum absolute atomic E-state index is 9.32. The highest BCUT2D eigenvalue weighted by atomic mass is 14.5. The smallest absolute Gasteiger partial charge is 0.0991 e. The molecule has 1 spiro atoms. The van der Waals surface area contributed by atoms with Gasteiger partial charge in [0.1, 0.15) is 0 Å². The van der Waals surface area contributed by atoms with Crippen LogP contribution >= 0.6 is 0 Å². The van der Waals surface area contributed by atoms with Gasteiger partial charge in [-0.15, -0.1) is 0 Å². The van der Waals surface area contributed by atoms with E-state index in [-0.39, 0.29) is 0 Å². The Labute approximate surface area is 239 Å². The molecule has 0 heterocycles. The van der Waals surface area contributed by atoms with Crippen LogP contribution in [0.3, 0.4) is 0 Å². The lowest BCUT2D eigenvalue weighted by Gasteiger charge is -2.31. The van der Waals surface area contributed by atoms with Gasteiger partial charge in [0.2, 0.25) is 0 Å². The van der Waals surface area contributed by atoms with Crippen molar-refractivity contribution in [3.05, 3.63) is 167 Å². The van der Waals surface area contributed by atoms with Crippen molar-refractivity contribution >= 4 is 0 Å². The molecule has 0 aliphatic heterocycles. The molecule has 41 heavy (non-hydrogen) atoms. The summed E-state index contributed by atoms with van der Waals surface area (Å²) in [5.74, 6) is 0. The molecule has 2 aliphatic carbocycles. The van der Waals surface area contributed by atoms with Crippen molar-refractivity contribution < 1.29 is 0 Å². The zero-order valence-corrected chi connectivity index (χ0v) is 22.1. The first-order chi connectivity index (χ1) is 20.2. The molecule has 0 aromatic heterocycles. The molecule has 6 aromatic rings. The largest absolute Gasteiger partial charge is 0.192 e. The molecule has 2 heteroatoms. The van der Waals surface area contributed by atoms with Gasteiger partial charge >= 0.3 is 0 Å². The monoisotopic (exact) mass is 518 g/mol. The van der Waals surface area contributed by atoms with Gasteiger partial charge < -0.3 is 0 Å². The standard InChI is InChI=1S/C39H22N2/c40-23-25-9-13-27(14-10-25)29-17-19-33-34-20-18-30(28-15-11-26(24-41)12-16-28)22-38(34)39(37(33)21-29)35-7-3-1-5-31(35)32-6-2-4-8-36(32)39/h1-22H. The second-order valence-corrected chi connectivity index (χ2v) is 10.7. The van der Waals surface area contributed by atoms with Crippen LogP contribution in [0.4, 0.5) is 0 Å². The fourth-order valence-electron chi connectivity index (χ4n) is 6.97. The van der Waals surface area contributed by atoms with Crippen molar-refractivity contribution in [1.82, 2.24) is 0 Å². The number of hydrogen-bond donors (Lipinski definition) is 0. The van der Waals surface area contributed by atoms with Crippen molar-refractivity contribution in [1.29, 1.82) is 10.5 Å². The van der Waals surface area contributed by atoms with Crippen LogP contribution < -0.4 is 0 Å². The Balaban J connectivity index is 1.44. The molecule has 0 amide bonds. The number of nitrogens with zero attached hydrogens (tertiary/aromatic N) is 2. The molecule has 6 aromatic carbocycles. The quantitative estimate of drug-likeness (QED) is 0.229. The Morgan fingerprint density at radius 2 is 0.732 bits per heavy atom. The van der Waals surface area contributed by atoms with E-state index in [0.29, 0.717) is 11.1 Å². The maximum atomic E-state index is 9.32. The van der Waals surface area contributed by atoms with Gasteiger partial charge in [0.05, 0.1) is 28.7 Å². The van der Waals surface area contributed by atoms with Crippen molar-refractivity contribution in [3.63, 3.8) is 0 Å². The third kappa shape index (κ3) is 3.17.